The van der Waals surface area contributed by atoms with Crippen molar-refractivity contribution in [2.45, 2.75) is 25.7 Å². The molecule has 0 rings (SSSR count). The van der Waals surface area contributed by atoms with Gasteiger partial charge in [0.2, 0.25) is 0 Å². The van der Waals surface area contributed by atoms with E-state index in [0.717, 1.165) is 19.4 Å². The van der Waals surface area contributed by atoms with Gasteiger partial charge in [-0.3, -0.25) is 4.90 Å². The first-order chi connectivity index (χ1) is 6.35. The first-order valence-corrected chi connectivity index (χ1v) is 5.08. The van der Waals surface area contributed by atoms with Crippen LogP contribution in [0.2, 0.25) is 0 Å². The summed E-state index contributed by atoms with van der Waals surface area (Å²) in [5.74, 6) is 0. The van der Waals surface area contributed by atoms with Gasteiger partial charge in [0, 0.05) is 13.1 Å². The molecular formula is C10H22NO2. The van der Waals surface area contributed by atoms with E-state index in [-0.39, 0.29) is 13.2 Å². The predicted molar refractivity (Wildman–Crippen MR) is 54.4 cm³/mol. The fourth-order valence-corrected chi connectivity index (χ4v) is 1.31. The molecule has 3 nitrogen and oxygen atoms in total. The highest BCUT2D eigenvalue weighted by Crippen LogP contribution is 2.00. The Morgan fingerprint density at radius 2 is 1.46 bits per heavy atom. The Labute approximate surface area is 81.4 Å². The molecule has 2 N–H and O–H groups in total. The van der Waals surface area contributed by atoms with Gasteiger partial charge in [0.05, 0.1) is 13.2 Å². The molecule has 79 valence electrons. The lowest BCUT2D eigenvalue weighted by molar-refractivity contribution is 0.159. The zero-order chi connectivity index (χ0) is 9.94. The van der Waals surface area contributed by atoms with E-state index < -0.39 is 0 Å². The van der Waals surface area contributed by atoms with E-state index in [1.165, 1.54) is 12.8 Å². The normalized spacial score (nSPS) is 11.1. The van der Waals surface area contributed by atoms with E-state index >= 15 is 0 Å². The summed E-state index contributed by atoms with van der Waals surface area (Å²) in [7, 11) is 0. The zero-order valence-corrected chi connectivity index (χ0v) is 8.41. The highest BCUT2D eigenvalue weighted by molar-refractivity contribution is 4.56. The van der Waals surface area contributed by atoms with Crippen LogP contribution in [0.5, 0.6) is 0 Å². The molecule has 0 spiro atoms. The van der Waals surface area contributed by atoms with Crippen molar-refractivity contribution in [2.24, 2.45) is 0 Å². The maximum atomic E-state index is 8.73. The minimum absolute atomic E-state index is 0.176. The minimum atomic E-state index is 0.176. The molecule has 0 amide bonds. The second kappa shape index (κ2) is 9.96. The summed E-state index contributed by atoms with van der Waals surface area (Å²) in [6.07, 6.45) is 4.50. The molecule has 1 radical (unpaired) electrons. The molecular weight excluding hydrogens is 166 g/mol. The van der Waals surface area contributed by atoms with Crippen LogP contribution in [-0.2, 0) is 0 Å². The molecule has 0 heterocycles. The standard InChI is InChI=1S/C10H22NO2/c1-2-3-4-5-6-11(7-9-12)8-10-13/h12-13H,1-10H2. The number of nitrogens with zero attached hydrogens (tertiary/aromatic N) is 1. The second-order valence-corrected chi connectivity index (χ2v) is 3.20. The van der Waals surface area contributed by atoms with E-state index in [4.69, 9.17) is 10.2 Å². The van der Waals surface area contributed by atoms with Crippen molar-refractivity contribution in [2.75, 3.05) is 32.8 Å². The number of aliphatic hydroxyl groups excluding tert-OH is 2. The van der Waals surface area contributed by atoms with Crippen molar-refractivity contribution in [1.82, 2.24) is 4.90 Å². The van der Waals surface area contributed by atoms with E-state index in [9.17, 15) is 0 Å². The third kappa shape index (κ3) is 8.22. The average molecular weight is 188 g/mol. The van der Waals surface area contributed by atoms with Crippen molar-refractivity contribution in [1.29, 1.82) is 0 Å². The van der Waals surface area contributed by atoms with Crippen LogP contribution < -0.4 is 0 Å². The highest BCUT2D eigenvalue weighted by atomic mass is 16.3. The molecule has 13 heavy (non-hydrogen) atoms. The van der Waals surface area contributed by atoms with Crippen LogP contribution in [-0.4, -0.2) is 48.0 Å². The van der Waals surface area contributed by atoms with E-state index in [2.05, 4.69) is 11.8 Å². The van der Waals surface area contributed by atoms with Crippen LogP contribution in [0.15, 0.2) is 0 Å². The summed E-state index contributed by atoms with van der Waals surface area (Å²) in [5.41, 5.74) is 0. The Hall–Kier alpha value is -0.120. The minimum Gasteiger partial charge on any atom is -0.395 e. The van der Waals surface area contributed by atoms with Crippen molar-refractivity contribution in [3.05, 3.63) is 6.92 Å². The van der Waals surface area contributed by atoms with Crippen LogP contribution in [0.25, 0.3) is 0 Å². The average Bonchev–Trinajstić information content (AvgIpc) is 2.13. The number of hydrogen-bond donors (Lipinski definition) is 2. The first kappa shape index (κ1) is 12.9. The topological polar surface area (TPSA) is 43.7 Å². The Kier molecular flexibility index (Phi) is 9.87. The number of hydrogen-bond acceptors (Lipinski definition) is 3. The summed E-state index contributed by atoms with van der Waals surface area (Å²) in [6, 6.07) is 0. The van der Waals surface area contributed by atoms with Gasteiger partial charge >= 0.3 is 0 Å². The highest BCUT2D eigenvalue weighted by Gasteiger charge is 2.01. The molecule has 0 fully saturated rings. The fourth-order valence-electron chi connectivity index (χ4n) is 1.31. The van der Waals surface area contributed by atoms with Gasteiger partial charge in [-0.25, -0.2) is 0 Å². The van der Waals surface area contributed by atoms with Crippen LogP contribution in [0.1, 0.15) is 25.7 Å². The lowest BCUT2D eigenvalue weighted by atomic mass is 10.2. The van der Waals surface area contributed by atoms with Gasteiger partial charge in [0.1, 0.15) is 0 Å². The third-order valence-corrected chi connectivity index (χ3v) is 2.06. The number of aliphatic hydroxyl groups is 2. The first-order valence-electron chi connectivity index (χ1n) is 5.08. The summed E-state index contributed by atoms with van der Waals surface area (Å²) in [6.45, 7) is 6.45. The summed E-state index contributed by atoms with van der Waals surface area (Å²) < 4.78 is 0. The SMILES string of the molecule is [CH2]CCCCCN(CCO)CCO. The molecule has 0 atom stereocenters. The third-order valence-electron chi connectivity index (χ3n) is 2.06. The molecule has 0 aliphatic carbocycles. The largest absolute Gasteiger partial charge is 0.395 e. The van der Waals surface area contributed by atoms with Gasteiger partial charge in [-0.05, 0) is 13.0 Å². The second-order valence-electron chi connectivity index (χ2n) is 3.20. The molecule has 0 aromatic carbocycles. The molecule has 0 bridgehead atoms. The quantitative estimate of drug-likeness (QED) is 0.523. The van der Waals surface area contributed by atoms with Gasteiger partial charge in [-0.15, -0.1) is 0 Å². The van der Waals surface area contributed by atoms with Gasteiger partial charge in [0.25, 0.3) is 0 Å². The Morgan fingerprint density at radius 3 is 1.92 bits per heavy atom. The number of unbranched alkanes of at least 4 members (excludes halogenated alkanes) is 3. The van der Waals surface area contributed by atoms with Crippen LogP contribution in [0, 0.1) is 6.92 Å². The van der Waals surface area contributed by atoms with Crippen molar-refractivity contribution in [3.8, 4) is 0 Å². The van der Waals surface area contributed by atoms with Gasteiger partial charge in [-0.2, -0.15) is 0 Å². The molecule has 0 saturated carbocycles. The molecule has 0 unspecified atom stereocenters. The molecule has 0 aliphatic heterocycles. The van der Waals surface area contributed by atoms with Crippen molar-refractivity contribution >= 4 is 0 Å². The Balaban J connectivity index is 3.33. The Bertz CT molecular complexity index is 92.9. The monoisotopic (exact) mass is 188 g/mol. The van der Waals surface area contributed by atoms with Crippen LogP contribution in [0.4, 0.5) is 0 Å². The summed E-state index contributed by atoms with van der Waals surface area (Å²) >= 11 is 0. The molecule has 0 aromatic rings. The van der Waals surface area contributed by atoms with Gasteiger partial charge in [-0.1, -0.05) is 26.2 Å². The van der Waals surface area contributed by atoms with Gasteiger partial charge < -0.3 is 10.2 Å². The lowest BCUT2D eigenvalue weighted by Crippen LogP contribution is -2.30. The molecule has 3 heteroatoms. The van der Waals surface area contributed by atoms with Crippen LogP contribution in [0.3, 0.4) is 0 Å². The fraction of sp³-hybridized carbons (Fsp3) is 0.900. The zero-order valence-electron chi connectivity index (χ0n) is 8.41. The number of rotatable bonds is 9. The van der Waals surface area contributed by atoms with E-state index in [0.29, 0.717) is 13.1 Å². The van der Waals surface area contributed by atoms with E-state index in [1.807, 2.05) is 0 Å². The van der Waals surface area contributed by atoms with E-state index in [1.54, 1.807) is 0 Å². The van der Waals surface area contributed by atoms with Crippen LogP contribution >= 0.6 is 0 Å². The maximum Gasteiger partial charge on any atom is 0.0558 e. The predicted octanol–water partition coefficient (Wildman–Crippen LogP) is 0.667. The lowest BCUT2D eigenvalue weighted by Gasteiger charge is -2.19. The molecule has 0 saturated heterocycles. The summed E-state index contributed by atoms with van der Waals surface area (Å²) in [4.78, 5) is 2.09. The van der Waals surface area contributed by atoms with Crippen molar-refractivity contribution < 1.29 is 10.2 Å². The Morgan fingerprint density at radius 1 is 0.846 bits per heavy atom. The smallest absolute Gasteiger partial charge is 0.0558 e. The maximum absolute atomic E-state index is 8.73. The summed E-state index contributed by atoms with van der Waals surface area (Å²) in [5, 5.41) is 17.5. The van der Waals surface area contributed by atoms with Crippen molar-refractivity contribution in [3.63, 3.8) is 0 Å². The molecule has 0 aromatic heterocycles. The van der Waals surface area contributed by atoms with Gasteiger partial charge in [0.15, 0.2) is 0 Å². The molecule has 0 aliphatic rings.